The second-order valence-electron chi connectivity index (χ2n) is 7.44. The number of ether oxygens (including phenoxy) is 1. The van der Waals surface area contributed by atoms with Gasteiger partial charge in [-0.05, 0) is 41.3 Å². The van der Waals surface area contributed by atoms with Gasteiger partial charge < -0.3 is 9.72 Å². The Morgan fingerprint density at radius 1 is 1.09 bits per heavy atom. The minimum atomic E-state index is -4.36. The van der Waals surface area contributed by atoms with E-state index in [1.54, 1.807) is 42.6 Å². The van der Waals surface area contributed by atoms with Gasteiger partial charge in [0.1, 0.15) is 5.75 Å². The molecule has 2 aromatic heterocycles. The molecule has 34 heavy (non-hydrogen) atoms. The number of sulfonamides is 1. The molecule has 2 aromatic carbocycles. The number of rotatable bonds is 8. The molecule has 0 saturated carbocycles. The number of aromatic amines is 1. The summed E-state index contributed by atoms with van der Waals surface area (Å²) in [7, 11) is -2.85. The molecule has 0 amide bonds. The summed E-state index contributed by atoms with van der Waals surface area (Å²) in [6, 6.07) is 15.2. The zero-order valence-corrected chi connectivity index (χ0v) is 18.9. The minimum Gasteiger partial charge on any atom is -0.497 e. The van der Waals surface area contributed by atoms with Crippen LogP contribution in [0.5, 0.6) is 5.75 Å². The van der Waals surface area contributed by atoms with Gasteiger partial charge >= 0.3 is 0 Å². The van der Waals surface area contributed by atoms with Crippen molar-refractivity contribution >= 4 is 26.6 Å². The standard InChI is InChI=1S/C23H20N4O6S/c1-33-19-9-8-17-11-18(23(28)25-20(17)12-19)15-26(14-16-5-4-10-24-13-16)34(31,32)22-7-3-2-6-21(22)27(29)30/h2-13H,14-15H2,1H3,(H,25,28). The lowest BCUT2D eigenvalue weighted by atomic mass is 10.1. The van der Waals surface area contributed by atoms with Crippen molar-refractivity contribution in [2.75, 3.05) is 7.11 Å². The summed E-state index contributed by atoms with van der Waals surface area (Å²) in [5.74, 6) is 0.563. The van der Waals surface area contributed by atoms with E-state index >= 15 is 0 Å². The maximum atomic E-state index is 13.6. The molecule has 0 aliphatic rings. The van der Waals surface area contributed by atoms with Crippen LogP contribution in [-0.2, 0) is 23.1 Å². The molecule has 0 fully saturated rings. The van der Waals surface area contributed by atoms with Crippen molar-refractivity contribution in [2.45, 2.75) is 18.0 Å². The fourth-order valence-corrected chi connectivity index (χ4v) is 5.11. The first-order valence-corrected chi connectivity index (χ1v) is 11.6. The van der Waals surface area contributed by atoms with Gasteiger partial charge in [0.25, 0.3) is 21.3 Å². The molecule has 0 bridgehead atoms. The molecular weight excluding hydrogens is 460 g/mol. The van der Waals surface area contributed by atoms with E-state index in [1.165, 1.54) is 31.5 Å². The van der Waals surface area contributed by atoms with Gasteiger partial charge in [0, 0.05) is 43.2 Å². The molecule has 0 atom stereocenters. The van der Waals surface area contributed by atoms with Crippen molar-refractivity contribution < 1.29 is 18.1 Å². The third-order valence-corrected chi connectivity index (χ3v) is 7.08. The van der Waals surface area contributed by atoms with Crippen molar-refractivity contribution in [1.82, 2.24) is 14.3 Å². The molecule has 0 aliphatic carbocycles. The van der Waals surface area contributed by atoms with Crippen LogP contribution in [0.15, 0.2) is 82.7 Å². The van der Waals surface area contributed by atoms with Crippen LogP contribution in [0.3, 0.4) is 0 Å². The Morgan fingerprint density at radius 3 is 2.59 bits per heavy atom. The average molecular weight is 481 g/mol. The number of methoxy groups -OCH3 is 1. The number of hydrogen-bond acceptors (Lipinski definition) is 7. The predicted molar refractivity (Wildman–Crippen MR) is 125 cm³/mol. The number of benzene rings is 2. The second-order valence-corrected chi connectivity index (χ2v) is 9.34. The number of H-pyrrole nitrogens is 1. The number of nitrogens with zero attached hydrogens (tertiary/aromatic N) is 3. The Morgan fingerprint density at radius 2 is 1.88 bits per heavy atom. The van der Waals surface area contributed by atoms with E-state index in [-0.39, 0.29) is 18.7 Å². The minimum absolute atomic E-state index is 0.137. The number of hydrogen-bond donors (Lipinski definition) is 1. The van der Waals surface area contributed by atoms with Crippen LogP contribution >= 0.6 is 0 Å². The van der Waals surface area contributed by atoms with Gasteiger partial charge in [0.15, 0.2) is 4.90 Å². The van der Waals surface area contributed by atoms with Crippen LogP contribution in [0, 0.1) is 10.1 Å². The molecule has 174 valence electrons. The summed E-state index contributed by atoms with van der Waals surface area (Å²) in [6.45, 7) is -0.442. The van der Waals surface area contributed by atoms with Crippen molar-refractivity contribution in [3.63, 3.8) is 0 Å². The number of fused-ring (bicyclic) bond motifs is 1. The quantitative estimate of drug-likeness (QED) is 0.302. The molecule has 4 aromatic rings. The summed E-state index contributed by atoms with van der Waals surface area (Å²) >= 11 is 0. The summed E-state index contributed by atoms with van der Waals surface area (Å²) < 4.78 is 33.4. The number of para-hydroxylation sites is 1. The first-order chi connectivity index (χ1) is 16.3. The topological polar surface area (TPSA) is 136 Å². The van der Waals surface area contributed by atoms with Gasteiger partial charge in [0.2, 0.25) is 0 Å². The Balaban J connectivity index is 1.81. The van der Waals surface area contributed by atoms with E-state index < -0.39 is 31.1 Å². The third-order valence-electron chi connectivity index (χ3n) is 5.24. The van der Waals surface area contributed by atoms with Crippen LogP contribution in [0.2, 0.25) is 0 Å². The van der Waals surface area contributed by atoms with Gasteiger partial charge in [-0.3, -0.25) is 19.9 Å². The van der Waals surface area contributed by atoms with Crippen LogP contribution in [0.4, 0.5) is 5.69 Å². The fourth-order valence-electron chi connectivity index (χ4n) is 3.55. The van der Waals surface area contributed by atoms with Crippen LogP contribution in [0.25, 0.3) is 10.9 Å². The predicted octanol–water partition coefficient (Wildman–Crippen LogP) is 3.23. The van der Waals surface area contributed by atoms with Gasteiger partial charge in [-0.2, -0.15) is 4.31 Å². The fraction of sp³-hybridized carbons (Fsp3) is 0.130. The van der Waals surface area contributed by atoms with E-state index in [2.05, 4.69) is 9.97 Å². The Bertz CT molecular complexity index is 1520. The van der Waals surface area contributed by atoms with Gasteiger partial charge in [0.05, 0.1) is 17.5 Å². The van der Waals surface area contributed by atoms with Crippen LogP contribution in [0.1, 0.15) is 11.1 Å². The van der Waals surface area contributed by atoms with Crippen LogP contribution < -0.4 is 10.3 Å². The smallest absolute Gasteiger partial charge is 0.289 e. The van der Waals surface area contributed by atoms with E-state index in [0.29, 0.717) is 22.2 Å². The molecule has 0 unspecified atom stereocenters. The first-order valence-electron chi connectivity index (χ1n) is 10.1. The van der Waals surface area contributed by atoms with Gasteiger partial charge in [-0.1, -0.05) is 18.2 Å². The molecule has 0 radical (unpaired) electrons. The highest BCUT2D eigenvalue weighted by molar-refractivity contribution is 7.89. The van der Waals surface area contributed by atoms with Crippen molar-refractivity contribution in [3.05, 3.63) is 105 Å². The van der Waals surface area contributed by atoms with E-state index in [1.807, 2.05) is 0 Å². The molecule has 10 nitrogen and oxygen atoms in total. The summed E-state index contributed by atoms with van der Waals surface area (Å²) in [5, 5.41) is 12.2. The number of aromatic nitrogens is 2. The monoisotopic (exact) mass is 480 g/mol. The highest BCUT2D eigenvalue weighted by Crippen LogP contribution is 2.28. The molecule has 0 aliphatic heterocycles. The zero-order chi connectivity index (χ0) is 24.3. The molecule has 1 N–H and O–H groups in total. The lowest BCUT2D eigenvalue weighted by Gasteiger charge is -2.22. The molecule has 11 heteroatoms. The lowest BCUT2D eigenvalue weighted by molar-refractivity contribution is -0.387. The van der Waals surface area contributed by atoms with Crippen molar-refractivity contribution in [1.29, 1.82) is 0 Å². The summed E-state index contributed by atoms with van der Waals surface area (Å²) in [4.78, 5) is 29.9. The highest BCUT2D eigenvalue weighted by atomic mass is 32.2. The first kappa shape index (κ1) is 23.1. The van der Waals surface area contributed by atoms with Crippen molar-refractivity contribution in [2.24, 2.45) is 0 Å². The van der Waals surface area contributed by atoms with E-state index in [4.69, 9.17) is 4.74 Å². The Kier molecular flexibility index (Phi) is 6.39. The summed E-state index contributed by atoms with van der Waals surface area (Å²) in [5.41, 5.74) is 0.261. The third kappa shape index (κ3) is 4.65. The average Bonchev–Trinajstić information content (AvgIpc) is 2.84. The highest BCUT2D eigenvalue weighted by Gasteiger charge is 2.32. The largest absolute Gasteiger partial charge is 0.497 e. The molecule has 4 rings (SSSR count). The normalized spacial score (nSPS) is 11.6. The van der Waals surface area contributed by atoms with Gasteiger partial charge in [-0.25, -0.2) is 8.42 Å². The SMILES string of the molecule is COc1ccc2cc(CN(Cc3cccnc3)S(=O)(=O)c3ccccc3[N+](=O)[O-])c(=O)[nH]c2c1. The lowest BCUT2D eigenvalue weighted by Crippen LogP contribution is -2.33. The van der Waals surface area contributed by atoms with E-state index in [0.717, 1.165) is 10.4 Å². The summed E-state index contributed by atoms with van der Waals surface area (Å²) in [6.07, 6.45) is 3.05. The zero-order valence-electron chi connectivity index (χ0n) is 18.0. The number of nitro benzene ring substituents is 1. The molecular formula is C23H20N4O6S. The number of nitrogens with one attached hydrogen (secondary N) is 1. The number of pyridine rings is 2. The van der Waals surface area contributed by atoms with E-state index in [9.17, 15) is 23.3 Å². The molecule has 2 heterocycles. The maximum absolute atomic E-state index is 13.6. The van der Waals surface area contributed by atoms with Crippen LogP contribution in [-0.4, -0.2) is 34.7 Å². The molecule has 0 spiro atoms. The second kappa shape index (κ2) is 9.41. The molecule has 0 saturated heterocycles. The Labute approximate surface area is 194 Å². The number of nitro groups is 1. The van der Waals surface area contributed by atoms with Gasteiger partial charge in [-0.15, -0.1) is 0 Å². The van der Waals surface area contributed by atoms with Crippen molar-refractivity contribution in [3.8, 4) is 5.75 Å². The maximum Gasteiger partial charge on any atom is 0.289 e. The Hall–Kier alpha value is -4.09.